The molecule has 0 radical (unpaired) electrons. The first kappa shape index (κ1) is 13.5. The fourth-order valence-corrected chi connectivity index (χ4v) is 2.22. The molecule has 16 heavy (non-hydrogen) atoms. The Kier molecular flexibility index (Phi) is 4.78. The maximum Gasteiger partial charge on any atom is 0.227 e. The molecule has 1 aliphatic rings. The summed E-state index contributed by atoms with van der Waals surface area (Å²) in [5.41, 5.74) is -0.247. The summed E-state index contributed by atoms with van der Waals surface area (Å²) >= 11 is 0. The zero-order valence-corrected chi connectivity index (χ0v) is 11.2. The number of hydrogen-bond acceptors (Lipinski definition) is 2. The molecule has 3 nitrogen and oxygen atoms in total. The monoisotopic (exact) mass is 226 g/mol. The molecule has 1 N–H and O–H groups in total. The van der Waals surface area contributed by atoms with E-state index in [0.29, 0.717) is 0 Å². The molecule has 0 aromatic heterocycles. The number of rotatable bonds is 3. The topological polar surface area (TPSA) is 32.3 Å². The van der Waals surface area contributed by atoms with Gasteiger partial charge in [-0.2, -0.15) is 0 Å². The zero-order valence-electron chi connectivity index (χ0n) is 11.2. The van der Waals surface area contributed by atoms with Gasteiger partial charge in [-0.15, -0.1) is 0 Å². The maximum absolute atomic E-state index is 12.0. The number of carbonyl (C=O) groups excluding carboxylic acids is 1. The smallest absolute Gasteiger partial charge is 0.227 e. The van der Waals surface area contributed by atoms with E-state index in [9.17, 15) is 4.79 Å². The Bertz CT molecular complexity index is 227. The van der Waals surface area contributed by atoms with Crippen molar-refractivity contribution in [2.75, 3.05) is 26.7 Å². The minimum absolute atomic E-state index is 0.247. The highest BCUT2D eigenvalue weighted by Gasteiger charge is 2.25. The van der Waals surface area contributed by atoms with Crippen molar-refractivity contribution in [1.82, 2.24) is 10.2 Å². The lowest BCUT2D eigenvalue weighted by Crippen LogP contribution is -2.38. The predicted octanol–water partition coefficient (Wildman–Crippen LogP) is 1.88. The summed E-state index contributed by atoms with van der Waals surface area (Å²) in [4.78, 5) is 13.8. The van der Waals surface area contributed by atoms with Gasteiger partial charge >= 0.3 is 0 Å². The molecule has 94 valence electrons. The van der Waals surface area contributed by atoms with E-state index < -0.39 is 0 Å². The van der Waals surface area contributed by atoms with Crippen LogP contribution in [0.5, 0.6) is 0 Å². The summed E-state index contributed by atoms with van der Waals surface area (Å²) in [5.74, 6) is 1.05. The molecule has 1 aliphatic heterocycles. The fraction of sp³-hybridized carbons (Fsp3) is 0.923. The van der Waals surface area contributed by atoms with Gasteiger partial charge in [-0.1, -0.05) is 20.8 Å². The van der Waals surface area contributed by atoms with E-state index in [0.717, 1.165) is 32.0 Å². The fourth-order valence-electron chi connectivity index (χ4n) is 2.22. The highest BCUT2D eigenvalue weighted by atomic mass is 16.2. The zero-order chi connectivity index (χ0) is 12.2. The van der Waals surface area contributed by atoms with E-state index in [4.69, 9.17) is 0 Å². The van der Waals surface area contributed by atoms with Crippen LogP contribution >= 0.6 is 0 Å². The van der Waals surface area contributed by atoms with E-state index in [1.54, 1.807) is 0 Å². The number of carbonyl (C=O) groups is 1. The molecule has 1 amide bonds. The van der Waals surface area contributed by atoms with Crippen LogP contribution in [-0.2, 0) is 4.79 Å². The molecule has 0 bridgehead atoms. The summed E-state index contributed by atoms with van der Waals surface area (Å²) in [6.07, 6.45) is 3.68. The molecule has 0 spiro atoms. The Morgan fingerprint density at radius 2 is 1.88 bits per heavy atom. The minimum atomic E-state index is -0.247. The van der Waals surface area contributed by atoms with E-state index in [2.05, 4.69) is 5.32 Å². The van der Waals surface area contributed by atoms with Gasteiger partial charge in [0.25, 0.3) is 0 Å². The molecule has 1 heterocycles. The van der Waals surface area contributed by atoms with Crippen molar-refractivity contribution in [2.24, 2.45) is 11.3 Å². The Labute approximate surface area is 99.6 Å². The summed E-state index contributed by atoms with van der Waals surface area (Å²) in [6, 6.07) is 0. The van der Waals surface area contributed by atoms with Gasteiger partial charge in [0.2, 0.25) is 5.91 Å². The number of piperidine rings is 1. The Balaban J connectivity index is 2.28. The molecule has 0 unspecified atom stereocenters. The van der Waals surface area contributed by atoms with Crippen molar-refractivity contribution >= 4 is 5.91 Å². The van der Waals surface area contributed by atoms with Gasteiger partial charge in [0, 0.05) is 19.0 Å². The molecule has 0 aromatic rings. The van der Waals surface area contributed by atoms with Gasteiger partial charge in [-0.3, -0.25) is 4.79 Å². The van der Waals surface area contributed by atoms with Crippen LogP contribution in [-0.4, -0.2) is 37.5 Å². The molecule has 1 saturated heterocycles. The molecule has 0 saturated carbocycles. The summed E-state index contributed by atoms with van der Waals surface area (Å²) in [5, 5.41) is 3.37. The van der Waals surface area contributed by atoms with Crippen molar-refractivity contribution in [1.29, 1.82) is 0 Å². The van der Waals surface area contributed by atoms with Crippen LogP contribution in [0.15, 0.2) is 0 Å². The number of hydrogen-bond donors (Lipinski definition) is 1. The standard InChI is InChI=1S/C13H26N2O/c1-13(2,3)12(16)15(4)10-7-11-5-8-14-9-6-11/h11,14H,5-10H2,1-4H3. The third-order valence-corrected chi connectivity index (χ3v) is 3.32. The van der Waals surface area contributed by atoms with Gasteiger partial charge < -0.3 is 10.2 Å². The van der Waals surface area contributed by atoms with E-state index in [1.807, 2.05) is 32.7 Å². The van der Waals surface area contributed by atoms with Crippen LogP contribution < -0.4 is 5.32 Å². The Hall–Kier alpha value is -0.570. The molecular weight excluding hydrogens is 200 g/mol. The second-order valence-electron chi connectivity index (χ2n) is 5.96. The summed E-state index contributed by atoms with van der Waals surface area (Å²) in [6.45, 7) is 9.13. The molecule has 1 rings (SSSR count). The number of nitrogens with one attached hydrogen (secondary N) is 1. The normalized spacial score (nSPS) is 18.5. The highest BCUT2D eigenvalue weighted by Crippen LogP contribution is 2.19. The third-order valence-electron chi connectivity index (χ3n) is 3.32. The third kappa shape index (κ3) is 4.12. The van der Waals surface area contributed by atoms with Crippen molar-refractivity contribution in [3.8, 4) is 0 Å². The first-order valence-electron chi connectivity index (χ1n) is 6.37. The lowest BCUT2D eigenvalue weighted by Gasteiger charge is -2.29. The molecule has 0 aromatic carbocycles. The lowest BCUT2D eigenvalue weighted by atomic mass is 9.92. The van der Waals surface area contributed by atoms with Crippen molar-refractivity contribution in [2.45, 2.75) is 40.0 Å². The van der Waals surface area contributed by atoms with Gasteiger partial charge in [0.1, 0.15) is 0 Å². The van der Waals surface area contributed by atoms with Crippen LogP contribution in [0.1, 0.15) is 40.0 Å². The average molecular weight is 226 g/mol. The van der Waals surface area contributed by atoms with Crippen LogP contribution in [0.2, 0.25) is 0 Å². The quantitative estimate of drug-likeness (QED) is 0.797. The largest absolute Gasteiger partial charge is 0.345 e. The van der Waals surface area contributed by atoms with Crippen LogP contribution in [0.25, 0.3) is 0 Å². The van der Waals surface area contributed by atoms with Gasteiger partial charge in [0.15, 0.2) is 0 Å². The number of nitrogens with zero attached hydrogens (tertiary/aromatic N) is 1. The molecule has 1 fully saturated rings. The molecule has 3 heteroatoms. The van der Waals surface area contributed by atoms with Crippen LogP contribution in [0, 0.1) is 11.3 Å². The van der Waals surface area contributed by atoms with Crippen molar-refractivity contribution in [3.05, 3.63) is 0 Å². The SMILES string of the molecule is CN(CCC1CCNCC1)C(=O)C(C)(C)C. The van der Waals surface area contributed by atoms with Crippen LogP contribution in [0.4, 0.5) is 0 Å². The lowest BCUT2D eigenvalue weighted by molar-refractivity contribution is -0.138. The second kappa shape index (κ2) is 5.67. The molecular formula is C13H26N2O. The first-order chi connectivity index (χ1) is 7.41. The molecule has 0 atom stereocenters. The maximum atomic E-state index is 12.0. The summed E-state index contributed by atoms with van der Waals surface area (Å²) in [7, 11) is 1.93. The van der Waals surface area contributed by atoms with Crippen LogP contribution in [0.3, 0.4) is 0 Å². The van der Waals surface area contributed by atoms with Gasteiger partial charge in [-0.25, -0.2) is 0 Å². The van der Waals surface area contributed by atoms with E-state index in [-0.39, 0.29) is 11.3 Å². The second-order valence-corrected chi connectivity index (χ2v) is 5.96. The molecule has 0 aliphatic carbocycles. The van der Waals surface area contributed by atoms with Crippen molar-refractivity contribution < 1.29 is 4.79 Å². The minimum Gasteiger partial charge on any atom is -0.345 e. The van der Waals surface area contributed by atoms with E-state index in [1.165, 1.54) is 12.8 Å². The highest BCUT2D eigenvalue weighted by molar-refractivity contribution is 5.81. The van der Waals surface area contributed by atoms with Gasteiger partial charge in [-0.05, 0) is 38.3 Å². The van der Waals surface area contributed by atoms with E-state index >= 15 is 0 Å². The first-order valence-corrected chi connectivity index (χ1v) is 6.37. The Morgan fingerprint density at radius 1 is 1.31 bits per heavy atom. The Morgan fingerprint density at radius 3 is 2.38 bits per heavy atom. The summed E-state index contributed by atoms with van der Waals surface area (Å²) < 4.78 is 0. The van der Waals surface area contributed by atoms with Gasteiger partial charge in [0.05, 0.1) is 0 Å². The predicted molar refractivity (Wildman–Crippen MR) is 67.3 cm³/mol. The van der Waals surface area contributed by atoms with Crippen molar-refractivity contribution in [3.63, 3.8) is 0 Å². The average Bonchev–Trinajstić information content (AvgIpc) is 2.25. The number of amides is 1.